The third-order valence-corrected chi connectivity index (χ3v) is 1.50. The summed E-state index contributed by atoms with van der Waals surface area (Å²) in [5.74, 6) is 0.0591. The molecule has 3 nitrogen and oxygen atoms in total. The molecule has 0 aliphatic rings. The van der Waals surface area contributed by atoms with Crippen molar-refractivity contribution in [3.63, 3.8) is 0 Å². The fourth-order valence-electron chi connectivity index (χ4n) is 0.887. The van der Waals surface area contributed by atoms with Gasteiger partial charge in [-0.1, -0.05) is 12.8 Å². The van der Waals surface area contributed by atoms with Crippen molar-refractivity contribution >= 4 is 5.91 Å². The van der Waals surface area contributed by atoms with Gasteiger partial charge in [0.1, 0.15) is 0 Å². The van der Waals surface area contributed by atoms with Gasteiger partial charge in [0.2, 0.25) is 5.91 Å². The fourth-order valence-corrected chi connectivity index (χ4v) is 0.887. The molecule has 0 aliphatic heterocycles. The zero-order chi connectivity index (χ0) is 8.53. The van der Waals surface area contributed by atoms with Gasteiger partial charge < -0.3 is 11.1 Å². The zero-order valence-corrected chi connectivity index (χ0v) is 7.23. The molecule has 0 aromatic rings. The van der Waals surface area contributed by atoms with Crippen LogP contribution in [0.2, 0.25) is 0 Å². The van der Waals surface area contributed by atoms with Gasteiger partial charge in [-0.25, -0.2) is 0 Å². The maximum absolute atomic E-state index is 10.4. The first-order valence-corrected chi connectivity index (χ1v) is 4.22. The normalized spacial score (nSPS) is 9.64. The molecule has 0 bridgehead atoms. The first-order chi connectivity index (χ1) is 5.27. The van der Waals surface area contributed by atoms with Crippen molar-refractivity contribution in [1.29, 1.82) is 0 Å². The van der Waals surface area contributed by atoms with E-state index < -0.39 is 0 Å². The Kier molecular flexibility index (Phi) is 7.15. The van der Waals surface area contributed by atoms with Gasteiger partial charge in [-0.15, -0.1) is 0 Å². The summed E-state index contributed by atoms with van der Waals surface area (Å²) >= 11 is 0. The van der Waals surface area contributed by atoms with Crippen LogP contribution in [0.5, 0.6) is 0 Å². The average molecular weight is 162 g/mol. The van der Waals surface area contributed by atoms with E-state index in [9.17, 15) is 4.79 Å². The summed E-state index contributed by atoms with van der Waals surface area (Å²) in [4.78, 5) is 10.4. The van der Waals surface area contributed by atoms with E-state index in [-0.39, 0.29) is 8.76 Å². The second kappa shape index (κ2) is 7.54. The van der Waals surface area contributed by atoms with Crippen LogP contribution in [0, 0.1) is 0 Å². The molecule has 0 spiro atoms. The third kappa shape index (κ3) is 9.43. The first-order valence-electron chi connectivity index (χ1n) is 4.22. The van der Waals surface area contributed by atoms with Crippen molar-refractivity contribution in [3.05, 3.63) is 0 Å². The second-order valence-electron chi connectivity index (χ2n) is 2.69. The topological polar surface area (TPSA) is 55.1 Å². The molecule has 70 valence electrons. The van der Waals surface area contributed by atoms with Crippen LogP contribution < -0.4 is 11.1 Å². The molecule has 0 saturated carbocycles. The van der Waals surface area contributed by atoms with Crippen molar-refractivity contribution in [1.82, 2.24) is 5.32 Å². The van der Waals surface area contributed by atoms with E-state index in [0.717, 1.165) is 32.4 Å². The van der Waals surface area contributed by atoms with Gasteiger partial charge in [0.05, 0.1) is 0 Å². The lowest BCUT2D eigenvalue weighted by atomic mass is 10.2. The molecule has 0 saturated heterocycles. The van der Waals surface area contributed by atoms with Crippen LogP contribution in [0.3, 0.4) is 0 Å². The highest BCUT2D eigenvalue weighted by Gasteiger charge is 1.90. The van der Waals surface area contributed by atoms with Crippen LogP contribution in [0.4, 0.5) is 0 Å². The minimum absolute atomic E-state index is 0. The molecule has 0 fully saturated rings. The Morgan fingerprint density at radius 2 is 2.00 bits per heavy atom. The van der Waals surface area contributed by atoms with Crippen LogP contribution in [-0.4, -0.2) is 19.0 Å². The van der Waals surface area contributed by atoms with Gasteiger partial charge in [-0.2, -0.15) is 0 Å². The van der Waals surface area contributed by atoms with Crippen LogP contribution in [0.25, 0.3) is 0 Å². The molecule has 0 aliphatic carbocycles. The summed E-state index contributed by atoms with van der Waals surface area (Å²) in [5.41, 5.74) is 5.32. The standard InChI is InChI=1S/C8H18N2O.2H2/c1-8(11)10-7-5-3-2-4-6-9;;/h2-7,9H2,1H3,(H,10,11);2*1H. The predicted octanol–water partition coefficient (Wildman–Crippen LogP) is 1.13. The van der Waals surface area contributed by atoms with Crippen molar-refractivity contribution in [2.24, 2.45) is 5.73 Å². The molecule has 0 aromatic carbocycles. The minimum Gasteiger partial charge on any atom is -0.356 e. The number of nitrogens with two attached hydrogens (primary N) is 1. The number of rotatable bonds is 6. The summed E-state index contributed by atoms with van der Waals surface area (Å²) in [6.45, 7) is 3.12. The van der Waals surface area contributed by atoms with Crippen LogP contribution in [0.1, 0.15) is 35.5 Å². The molecule has 0 radical (unpaired) electrons. The fraction of sp³-hybridized carbons (Fsp3) is 0.875. The molecule has 0 heterocycles. The number of carbonyl (C=O) groups is 1. The summed E-state index contributed by atoms with van der Waals surface area (Å²) < 4.78 is 0. The van der Waals surface area contributed by atoms with Gasteiger partial charge in [0.15, 0.2) is 0 Å². The second-order valence-corrected chi connectivity index (χ2v) is 2.69. The number of hydrogen-bond acceptors (Lipinski definition) is 2. The highest BCUT2D eigenvalue weighted by atomic mass is 16.1. The highest BCUT2D eigenvalue weighted by Crippen LogP contribution is 1.96. The van der Waals surface area contributed by atoms with Crippen LogP contribution in [-0.2, 0) is 4.79 Å². The Labute approximate surface area is 71.3 Å². The maximum atomic E-state index is 10.4. The number of amides is 1. The van der Waals surface area contributed by atoms with E-state index in [1.807, 2.05) is 0 Å². The Balaban J connectivity index is -0.000000500. The zero-order valence-electron chi connectivity index (χ0n) is 7.23. The minimum atomic E-state index is 0. The molecule has 0 aromatic heterocycles. The molecular formula is C8H22N2O. The highest BCUT2D eigenvalue weighted by molar-refractivity contribution is 5.72. The lowest BCUT2D eigenvalue weighted by Crippen LogP contribution is -2.20. The predicted molar refractivity (Wildman–Crippen MR) is 50.4 cm³/mol. The summed E-state index contributed by atoms with van der Waals surface area (Å²) in [6, 6.07) is 0. The monoisotopic (exact) mass is 162 g/mol. The summed E-state index contributed by atoms with van der Waals surface area (Å²) in [6.07, 6.45) is 4.51. The van der Waals surface area contributed by atoms with Crippen LogP contribution in [0.15, 0.2) is 0 Å². The smallest absolute Gasteiger partial charge is 0.216 e. The molecule has 3 heteroatoms. The Morgan fingerprint density at radius 3 is 2.55 bits per heavy atom. The van der Waals surface area contributed by atoms with E-state index in [0.29, 0.717) is 0 Å². The molecule has 0 rings (SSSR count). The van der Waals surface area contributed by atoms with E-state index >= 15 is 0 Å². The van der Waals surface area contributed by atoms with Gasteiger partial charge in [0.25, 0.3) is 0 Å². The Bertz CT molecular complexity index is 112. The lowest BCUT2D eigenvalue weighted by molar-refractivity contribution is -0.118. The van der Waals surface area contributed by atoms with E-state index in [1.54, 1.807) is 6.92 Å². The van der Waals surface area contributed by atoms with E-state index in [1.165, 1.54) is 6.42 Å². The lowest BCUT2D eigenvalue weighted by Gasteiger charge is -2.00. The average Bonchev–Trinajstić information content (AvgIpc) is 1.96. The summed E-state index contributed by atoms with van der Waals surface area (Å²) in [7, 11) is 0. The first kappa shape index (κ1) is 10.4. The molecule has 0 unspecified atom stereocenters. The van der Waals surface area contributed by atoms with Gasteiger partial charge in [-0.3, -0.25) is 4.79 Å². The van der Waals surface area contributed by atoms with Gasteiger partial charge >= 0.3 is 0 Å². The van der Waals surface area contributed by atoms with Crippen molar-refractivity contribution in [2.75, 3.05) is 13.1 Å². The van der Waals surface area contributed by atoms with Gasteiger partial charge in [0, 0.05) is 16.3 Å². The molecule has 1 amide bonds. The molecule has 3 N–H and O–H groups in total. The van der Waals surface area contributed by atoms with E-state index in [2.05, 4.69) is 5.32 Å². The van der Waals surface area contributed by atoms with Gasteiger partial charge in [-0.05, 0) is 19.4 Å². The number of unbranched alkanes of at least 4 members (excludes halogenated alkanes) is 3. The Morgan fingerprint density at radius 1 is 1.36 bits per heavy atom. The van der Waals surface area contributed by atoms with Crippen molar-refractivity contribution in [2.45, 2.75) is 32.6 Å². The van der Waals surface area contributed by atoms with Crippen molar-refractivity contribution < 1.29 is 7.65 Å². The SMILES string of the molecule is CC(=O)NCCCCCCN.[HH].[HH]. The Hall–Kier alpha value is -0.570. The summed E-state index contributed by atoms with van der Waals surface area (Å²) in [5, 5.41) is 2.75. The largest absolute Gasteiger partial charge is 0.356 e. The molecule has 11 heavy (non-hydrogen) atoms. The number of hydrogen-bond donors (Lipinski definition) is 2. The number of carbonyl (C=O) groups excluding carboxylic acids is 1. The quantitative estimate of drug-likeness (QED) is 0.575. The van der Waals surface area contributed by atoms with E-state index in [4.69, 9.17) is 5.73 Å². The maximum Gasteiger partial charge on any atom is 0.216 e. The van der Waals surface area contributed by atoms with Crippen molar-refractivity contribution in [3.8, 4) is 0 Å². The third-order valence-electron chi connectivity index (χ3n) is 1.50. The molecular weight excluding hydrogens is 140 g/mol. The van der Waals surface area contributed by atoms with Crippen LogP contribution >= 0.6 is 0 Å². The molecule has 0 atom stereocenters. The number of nitrogens with one attached hydrogen (secondary N) is 1.